The molecule has 0 unspecified atom stereocenters. The number of likely N-dealkylation sites (tertiary alicyclic amines) is 1. The lowest BCUT2D eigenvalue weighted by molar-refractivity contribution is 0.249. The molecule has 0 spiro atoms. The van der Waals surface area contributed by atoms with Gasteiger partial charge in [0.05, 0.1) is 6.61 Å². The van der Waals surface area contributed by atoms with Crippen molar-refractivity contribution in [3.8, 4) is 5.75 Å². The van der Waals surface area contributed by atoms with E-state index in [4.69, 9.17) is 4.74 Å². The molecular weight excluding hydrogens is 310 g/mol. The summed E-state index contributed by atoms with van der Waals surface area (Å²) in [6.45, 7) is 11.9. The molecule has 1 heterocycles. The molecule has 0 saturated carbocycles. The van der Waals surface area contributed by atoms with Gasteiger partial charge in [0.2, 0.25) is 0 Å². The Balaban J connectivity index is 1.57. The molecule has 1 aliphatic rings. The molecule has 1 N–H and O–H groups in total. The van der Waals surface area contributed by atoms with E-state index in [0.29, 0.717) is 0 Å². The van der Waals surface area contributed by atoms with Gasteiger partial charge in [0.1, 0.15) is 5.75 Å². The second-order valence-electron chi connectivity index (χ2n) is 7.11. The second-order valence-corrected chi connectivity index (χ2v) is 7.11. The van der Waals surface area contributed by atoms with Gasteiger partial charge in [-0.2, -0.15) is 0 Å². The van der Waals surface area contributed by atoms with E-state index >= 15 is 0 Å². The molecule has 142 valence electrons. The number of hydrogen-bond donors (Lipinski definition) is 1. The average Bonchev–Trinajstić information content (AvgIpc) is 3.05. The third-order valence-corrected chi connectivity index (χ3v) is 5.36. The number of nitrogens with zero attached hydrogens (tertiary/aromatic N) is 2. The Labute approximate surface area is 154 Å². The first-order valence-corrected chi connectivity index (χ1v) is 10.1. The Kier molecular flexibility index (Phi) is 9.30. The summed E-state index contributed by atoms with van der Waals surface area (Å²) in [5.74, 6) is 0.982. The lowest BCUT2D eigenvalue weighted by Gasteiger charge is -2.19. The van der Waals surface area contributed by atoms with E-state index in [9.17, 15) is 0 Å². The highest BCUT2D eigenvalue weighted by Gasteiger charge is 2.19. The summed E-state index contributed by atoms with van der Waals surface area (Å²) in [6.07, 6.45) is 5.06. The number of rotatable bonds is 12. The van der Waals surface area contributed by atoms with Crippen molar-refractivity contribution in [2.45, 2.75) is 52.1 Å². The van der Waals surface area contributed by atoms with Gasteiger partial charge in [-0.05, 0) is 76.6 Å². The molecule has 0 amide bonds. The maximum absolute atomic E-state index is 5.85. The van der Waals surface area contributed by atoms with Gasteiger partial charge in [-0.3, -0.25) is 0 Å². The van der Waals surface area contributed by atoms with E-state index in [2.05, 4.69) is 60.3 Å². The maximum Gasteiger partial charge on any atom is 0.119 e. The van der Waals surface area contributed by atoms with Crippen LogP contribution in [0.2, 0.25) is 0 Å². The molecule has 0 aliphatic carbocycles. The van der Waals surface area contributed by atoms with Crippen LogP contribution in [-0.4, -0.2) is 62.2 Å². The highest BCUT2D eigenvalue weighted by Crippen LogP contribution is 2.17. The smallest absolute Gasteiger partial charge is 0.119 e. The molecule has 25 heavy (non-hydrogen) atoms. The molecule has 0 radical (unpaired) electrons. The summed E-state index contributed by atoms with van der Waals surface area (Å²) >= 11 is 0. The molecule has 0 aromatic heterocycles. The summed E-state index contributed by atoms with van der Waals surface area (Å²) in [5, 5.41) is 3.57. The van der Waals surface area contributed by atoms with Gasteiger partial charge < -0.3 is 19.9 Å². The van der Waals surface area contributed by atoms with Crippen LogP contribution in [0.15, 0.2) is 24.3 Å². The van der Waals surface area contributed by atoms with Crippen molar-refractivity contribution in [2.24, 2.45) is 0 Å². The number of benzene rings is 1. The first-order valence-electron chi connectivity index (χ1n) is 10.1. The minimum atomic E-state index is 0.777. The summed E-state index contributed by atoms with van der Waals surface area (Å²) in [6, 6.07) is 9.32. The predicted molar refractivity (Wildman–Crippen MR) is 106 cm³/mol. The van der Waals surface area contributed by atoms with Crippen LogP contribution in [0, 0.1) is 0 Å². The van der Waals surface area contributed by atoms with Crippen LogP contribution in [0.5, 0.6) is 5.75 Å². The van der Waals surface area contributed by atoms with Crippen LogP contribution in [0.25, 0.3) is 0 Å². The van der Waals surface area contributed by atoms with Gasteiger partial charge >= 0.3 is 0 Å². The normalized spacial score (nSPS) is 18.2. The van der Waals surface area contributed by atoms with Crippen LogP contribution >= 0.6 is 0 Å². The number of hydrogen-bond acceptors (Lipinski definition) is 4. The first-order chi connectivity index (χ1) is 12.2. The van der Waals surface area contributed by atoms with Crippen molar-refractivity contribution < 1.29 is 4.74 Å². The van der Waals surface area contributed by atoms with Gasteiger partial charge in [0.25, 0.3) is 0 Å². The van der Waals surface area contributed by atoms with Crippen molar-refractivity contribution in [1.29, 1.82) is 0 Å². The van der Waals surface area contributed by atoms with Crippen molar-refractivity contribution in [3.63, 3.8) is 0 Å². The summed E-state index contributed by atoms with van der Waals surface area (Å²) in [5.41, 5.74) is 1.33. The molecule has 1 aromatic carbocycles. The van der Waals surface area contributed by atoms with Gasteiger partial charge in [-0.15, -0.1) is 0 Å². The van der Waals surface area contributed by atoms with Gasteiger partial charge in [0.15, 0.2) is 0 Å². The molecule has 1 aliphatic heterocycles. The van der Waals surface area contributed by atoms with Crippen LogP contribution in [0.1, 0.15) is 45.1 Å². The Morgan fingerprint density at radius 3 is 2.60 bits per heavy atom. The van der Waals surface area contributed by atoms with Crippen molar-refractivity contribution in [2.75, 3.05) is 46.4 Å². The molecular formula is C21H37N3O. The van der Waals surface area contributed by atoms with Crippen LogP contribution in [0.3, 0.4) is 0 Å². The fourth-order valence-corrected chi connectivity index (χ4v) is 3.57. The fourth-order valence-electron chi connectivity index (χ4n) is 3.57. The van der Waals surface area contributed by atoms with Gasteiger partial charge in [0, 0.05) is 19.1 Å². The van der Waals surface area contributed by atoms with Crippen molar-refractivity contribution in [3.05, 3.63) is 29.8 Å². The number of ether oxygens (including phenoxy) is 1. The molecule has 1 aromatic rings. The topological polar surface area (TPSA) is 27.7 Å². The number of nitrogens with one attached hydrogen (secondary N) is 1. The summed E-state index contributed by atoms with van der Waals surface area (Å²) in [4.78, 5) is 4.93. The minimum absolute atomic E-state index is 0.777. The Hall–Kier alpha value is -1.10. The van der Waals surface area contributed by atoms with E-state index < -0.39 is 0 Å². The standard InChI is InChI=1S/C21H37N3O/c1-4-24(5-2)16-7-17-25-21-11-9-19(10-12-21)18-22-14-13-20-8-6-15-23(20)3/h9-12,20,22H,4-8,13-18H2,1-3H3/t20-/m1/s1. The largest absolute Gasteiger partial charge is 0.494 e. The zero-order chi connectivity index (χ0) is 17.9. The van der Waals surface area contributed by atoms with E-state index in [-0.39, 0.29) is 0 Å². The lowest BCUT2D eigenvalue weighted by atomic mass is 10.1. The molecule has 1 atom stereocenters. The molecule has 4 heteroatoms. The Bertz CT molecular complexity index is 459. The highest BCUT2D eigenvalue weighted by molar-refractivity contribution is 5.27. The zero-order valence-corrected chi connectivity index (χ0v) is 16.5. The SMILES string of the molecule is CCN(CC)CCCOc1ccc(CNCC[C@H]2CCCN2C)cc1. The third-order valence-electron chi connectivity index (χ3n) is 5.36. The average molecular weight is 348 g/mol. The van der Waals surface area contributed by atoms with E-state index in [1.54, 1.807) is 0 Å². The molecule has 1 saturated heterocycles. The molecule has 4 nitrogen and oxygen atoms in total. The first kappa shape index (κ1) is 20.2. The van der Waals surface area contributed by atoms with Crippen LogP contribution < -0.4 is 10.1 Å². The second kappa shape index (κ2) is 11.5. The van der Waals surface area contributed by atoms with Crippen molar-refractivity contribution >= 4 is 0 Å². The monoisotopic (exact) mass is 347 g/mol. The van der Waals surface area contributed by atoms with Crippen molar-refractivity contribution in [1.82, 2.24) is 15.1 Å². The molecule has 1 fully saturated rings. The highest BCUT2D eigenvalue weighted by atomic mass is 16.5. The van der Waals surface area contributed by atoms with Crippen LogP contribution in [-0.2, 0) is 6.54 Å². The summed E-state index contributed by atoms with van der Waals surface area (Å²) in [7, 11) is 2.25. The zero-order valence-electron chi connectivity index (χ0n) is 16.5. The third kappa shape index (κ3) is 7.35. The lowest BCUT2D eigenvalue weighted by Crippen LogP contribution is -2.28. The maximum atomic E-state index is 5.85. The minimum Gasteiger partial charge on any atom is -0.494 e. The molecule has 2 rings (SSSR count). The predicted octanol–water partition coefficient (Wildman–Crippen LogP) is 3.37. The van der Waals surface area contributed by atoms with Crippen LogP contribution in [0.4, 0.5) is 0 Å². The van der Waals surface area contributed by atoms with E-state index in [1.807, 2.05) is 0 Å². The van der Waals surface area contributed by atoms with Gasteiger partial charge in [-0.25, -0.2) is 0 Å². The summed E-state index contributed by atoms with van der Waals surface area (Å²) < 4.78 is 5.85. The quantitative estimate of drug-likeness (QED) is 0.587. The Morgan fingerprint density at radius 1 is 1.20 bits per heavy atom. The van der Waals surface area contributed by atoms with E-state index in [1.165, 1.54) is 31.4 Å². The van der Waals surface area contributed by atoms with E-state index in [0.717, 1.165) is 57.5 Å². The van der Waals surface area contributed by atoms with Gasteiger partial charge in [-0.1, -0.05) is 26.0 Å². The Morgan fingerprint density at radius 2 is 1.96 bits per heavy atom. The molecule has 0 bridgehead atoms. The fraction of sp³-hybridized carbons (Fsp3) is 0.714.